The van der Waals surface area contributed by atoms with Gasteiger partial charge in [-0.3, -0.25) is 9.59 Å². The van der Waals surface area contributed by atoms with Gasteiger partial charge in [-0.05, 0) is 18.8 Å². The summed E-state index contributed by atoms with van der Waals surface area (Å²) in [4.78, 5) is 22.5. The van der Waals surface area contributed by atoms with Crippen LogP contribution >= 0.6 is 0 Å². The topological polar surface area (TPSA) is 94.8 Å². The third-order valence-corrected chi connectivity index (χ3v) is 4.04. The lowest BCUT2D eigenvalue weighted by Gasteiger charge is -2.20. The van der Waals surface area contributed by atoms with E-state index in [9.17, 15) is 19.8 Å². The molecule has 0 aromatic rings. The van der Waals surface area contributed by atoms with Crippen molar-refractivity contribution in [1.29, 1.82) is 0 Å². The first kappa shape index (κ1) is 17.9. The largest absolute Gasteiger partial charge is 0.481 e. The average Bonchev–Trinajstić information content (AvgIpc) is 2.77. The molecule has 0 amide bonds. The molecule has 21 heavy (non-hydrogen) atoms. The van der Waals surface area contributed by atoms with Gasteiger partial charge in [0.1, 0.15) is 5.78 Å². The fraction of sp³-hybridized carbons (Fsp3) is 0.750. The predicted molar refractivity (Wildman–Crippen MR) is 78.8 cm³/mol. The van der Waals surface area contributed by atoms with Crippen LogP contribution in [0, 0.1) is 11.8 Å². The minimum absolute atomic E-state index is 0.0844. The maximum Gasteiger partial charge on any atom is 0.305 e. The Labute approximate surface area is 125 Å². The van der Waals surface area contributed by atoms with Gasteiger partial charge in [0.15, 0.2) is 0 Å². The molecule has 1 rings (SSSR count). The molecule has 1 aliphatic carbocycles. The van der Waals surface area contributed by atoms with E-state index in [0.717, 1.165) is 19.3 Å². The number of hydrogen-bond acceptors (Lipinski definition) is 4. The Morgan fingerprint density at radius 1 is 1.38 bits per heavy atom. The molecule has 0 saturated heterocycles. The highest BCUT2D eigenvalue weighted by atomic mass is 16.4. The molecule has 0 aliphatic heterocycles. The molecule has 0 aromatic heterocycles. The van der Waals surface area contributed by atoms with Gasteiger partial charge >= 0.3 is 5.97 Å². The van der Waals surface area contributed by atoms with Crippen LogP contribution in [0.2, 0.25) is 0 Å². The lowest BCUT2D eigenvalue weighted by atomic mass is 9.88. The van der Waals surface area contributed by atoms with E-state index in [4.69, 9.17) is 5.11 Å². The summed E-state index contributed by atoms with van der Waals surface area (Å²) in [5.74, 6) is -2.02. The smallest absolute Gasteiger partial charge is 0.305 e. The zero-order chi connectivity index (χ0) is 15.8. The van der Waals surface area contributed by atoms with E-state index in [1.165, 1.54) is 0 Å². The number of carboxylic acid groups (broad SMARTS) is 1. The van der Waals surface area contributed by atoms with Gasteiger partial charge in [-0.15, -0.1) is 0 Å². The first-order valence-electron chi connectivity index (χ1n) is 7.74. The van der Waals surface area contributed by atoms with Crippen LogP contribution < -0.4 is 0 Å². The number of Topliss-reactive ketones (excluding diaryl/α,β-unsaturated/α-hetero) is 1. The standard InChI is InChI=1S/C16H26O5/c1-2-3-4-5-12(17)8-6-11-7-9-13(18)16(11)14(19)10-15(20)21/h6,8,11-12,14,16-17,19H,2-5,7,9-10H2,1H3,(H,20,21)/b8-6+. The predicted octanol–water partition coefficient (Wildman–Crippen LogP) is 1.91. The van der Waals surface area contributed by atoms with Crippen LogP contribution in [0.4, 0.5) is 0 Å². The Hall–Kier alpha value is -1.20. The zero-order valence-electron chi connectivity index (χ0n) is 12.6. The van der Waals surface area contributed by atoms with Gasteiger partial charge in [-0.25, -0.2) is 0 Å². The molecular formula is C16H26O5. The van der Waals surface area contributed by atoms with Crippen LogP contribution in [0.3, 0.4) is 0 Å². The number of allylic oxidation sites excluding steroid dienone is 1. The van der Waals surface area contributed by atoms with Gasteiger partial charge in [0.2, 0.25) is 0 Å². The molecule has 120 valence electrons. The summed E-state index contributed by atoms with van der Waals surface area (Å²) < 4.78 is 0. The molecule has 5 heteroatoms. The highest BCUT2D eigenvalue weighted by Gasteiger charge is 2.38. The van der Waals surface area contributed by atoms with Crippen LogP contribution in [-0.2, 0) is 9.59 Å². The van der Waals surface area contributed by atoms with E-state index >= 15 is 0 Å². The van der Waals surface area contributed by atoms with E-state index in [2.05, 4.69) is 6.92 Å². The van der Waals surface area contributed by atoms with Crippen molar-refractivity contribution in [2.75, 3.05) is 0 Å². The van der Waals surface area contributed by atoms with Crippen LogP contribution in [0.15, 0.2) is 12.2 Å². The Morgan fingerprint density at radius 3 is 2.71 bits per heavy atom. The van der Waals surface area contributed by atoms with E-state index in [0.29, 0.717) is 19.3 Å². The maximum atomic E-state index is 11.8. The highest BCUT2D eigenvalue weighted by molar-refractivity contribution is 5.85. The first-order valence-corrected chi connectivity index (χ1v) is 7.74. The second-order valence-electron chi connectivity index (χ2n) is 5.81. The molecule has 0 radical (unpaired) electrons. The van der Waals surface area contributed by atoms with Gasteiger partial charge in [0.05, 0.1) is 24.5 Å². The van der Waals surface area contributed by atoms with E-state index in [1.807, 2.05) is 0 Å². The molecule has 0 heterocycles. The second kappa shape index (κ2) is 8.95. The number of rotatable bonds is 9. The summed E-state index contributed by atoms with van der Waals surface area (Å²) in [6.45, 7) is 2.10. The quantitative estimate of drug-likeness (QED) is 0.446. The molecular weight excluding hydrogens is 272 g/mol. The van der Waals surface area contributed by atoms with Gasteiger partial charge in [-0.2, -0.15) is 0 Å². The van der Waals surface area contributed by atoms with Crippen molar-refractivity contribution in [2.45, 2.75) is 64.1 Å². The molecule has 3 N–H and O–H groups in total. The number of aliphatic carboxylic acids is 1. The van der Waals surface area contributed by atoms with Gasteiger partial charge < -0.3 is 15.3 Å². The molecule has 0 bridgehead atoms. The molecule has 4 atom stereocenters. The fourth-order valence-corrected chi connectivity index (χ4v) is 2.89. The molecule has 5 nitrogen and oxygen atoms in total. The normalized spacial score (nSPS) is 25.4. The molecule has 1 saturated carbocycles. The summed E-state index contributed by atoms with van der Waals surface area (Å²) in [5, 5.41) is 28.5. The molecule has 0 aromatic carbocycles. The lowest BCUT2D eigenvalue weighted by Crippen LogP contribution is -2.30. The summed E-state index contributed by atoms with van der Waals surface area (Å²) >= 11 is 0. The van der Waals surface area contributed by atoms with Crippen molar-refractivity contribution < 1.29 is 24.9 Å². The molecule has 1 fully saturated rings. The summed E-state index contributed by atoms with van der Waals surface area (Å²) in [5.41, 5.74) is 0. The van der Waals surface area contributed by atoms with Gasteiger partial charge in [0, 0.05) is 6.42 Å². The van der Waals surface area contributed by atoms with Crippen LogP contribution in [0.1, 0.15) is 51.9 Å². The molecule has 0 spiro atoms. The zero-order valence-corrected chi connectivity index (χ0v) is 12.6. The Morgan fingerprint density at radius 2 is 2.10 bits per heavy atom. The van der Waals surface area contributed by atoms with Crippen molar-refractivity contribution in [1.82, 2.24) is 0 Å². The summed E-state index contributed by atoms with van der Waals surface area (Å²) in [6.07, 6.45) is 6.14. The van der Waals surface area contributed by atoms with Crippen molar-refractivity contribution in [3.05, 3.63) is 12.2 Å². The lowest BCUT2D eigenvalue weighted by molar-refractivity contribution is -0.140. The van der Waals surface area contributed by atoms with Gasteiger partial charge in [-0.1, -0.05) is 38.3 Å². The van der Waals surface area contributed by atoms with Crippen molar-refractivity contribution in [3.8, 4) is 0 Å². The van der Waals surface area contributed by atoms with E-state index in [1.54, 1.807) is 12.2 Å². The van der Waals surface area contributed by atoms with Crippen LogP contribution in [-0.4, -0.2) is 39.3 Å². The maximum absolute atomic E-state index is 11.8. The Balaban J connectivity index is 2.55. The van der Waals surface area contributed by atoms with E-state index < -0.39 is 30.5 Å². The number of carbonyl (C=O) groups is 2. The monoisotopic (exact) mass is 298 g/mol. The van der Waals surface area contributed by atoms with Crippen molar-refractivity contribution in [2.24, 2.45) is 11.8 Å². The minimum atomic E-state index is -1.15. The SMILES string of the molecule is CCCCCC(O)/C=C/C1CCC(=O)C1C(O)CC(=O)O. The number of carboxylic acids is 1. The first-order chi connectivity index (χ1) is 9.95. The minimum Gasteiger partial charge on any atom is -0.481 e. The van der Waals surface area contributed by atoms with Crippen molar-refractivity contribution in [3.63, 3.8) is 0 Å². The Bertz CT molecular complexity index is 377. The molecule has 1 aliphatic rings. The number of hydrogen-bond donors (Lipinski definition) is 3. The van der Waals surface area contributed by atoms with Crippen LogP contribution in [0.5, 0.6) is 0 Å². The van der Waals surface area contributed by atoms with Gasteiger partial charge in [0.25, 0.3) is 0 Å². The number of aliphatic hydroxyl groups is 2. The number of carbonyl (C=O) groups excluding carboxylic acids is 1. The Kier molecular flexibility index (Phi) is 7.61. The average molecular weight is 298 g/mol. The van der Waals surface area contributed by atoms with Crippen molar-refractivity contribution >= 4 is 11.8 Å². The number of ketones is 1. The van der Waals surface area contributed by atoms with Crippen LogP contribution in [0.25, 0.3) is 0 Å². The third kappa shape index (κ3) is 5.98. The number of aliphatic hydroxyl groups excluding tert-OH is 2. The highest BCUT2D eigenvalue weighted by Crippen LogP contribution is 2.33. The second-order valence-corrected chi connectivity index (χ2v) is 5.81. The summed E-state index contributed by atoms with van der Waals surface area (Å²) in [7, 11) is 0. The number of unbranched alkanes of at least 4 members (excludes halogenated alkanes) is 2. The third-order valence-electron chi connectivity index (χ3n) is 4.04. The summed E-state index contributed by atoms with van der Waals surface area (Å²) in [6, 6.07) is 0. The van der Waals surface area contributed by atoms with E-state index in [-0.39, 0.29) is 11.7 Å². The fourth-order valence-electron chi connectivity index (χ4n) is 2.89. The molecule has 4 unspecified atom stereocenters.